The fourth-order valence-corrected chi connectivity index (χ4v) is 7.65. The van der Waals surface area contributed by atoms with Crippen molar-refractivity contribution in [2.24, 2.45) is 0 Å². The number of para-hydroxylation sites is 3. The molecule has 7 aromatic carbocycles. The van der Waals surface area contributed by atoms with E-state index in [0.29, 0.717) is 0 Å². The van der Waals surface area contributed by atoms with Crippen LogP contribution in [0, 0.1) is 0 Å². The molecule has 0 radical (unpaired) electrons. The monoisotopic (exact) mass is 608 g/mol. The molecule has 3 nitrogen and oxygen atoms in total. The summed E-state index contributed by atoms with van der Waals surface area (Å²) in [4.78, 5) is 4.60. The highest BCUT2D eigenvalue weighted by atomic mass is 32.1. The summed E-state index contributed by atoms with van der Waals surface area (Å²) in [5.41, 5.74) is 8.29. The van der Waals surface area contributed by atoms with Crippen LogP contribution in [0.2, 0.25) is 0 Å². The number of benzene rings is 7. The van der Waals surface area contributed by atoms with Crippen LogP contribution in [0.4, 0.5) is 34.1 Å². The van der Waals surface area contributed by atoms with E-state index in [9.17, 15) is 0 Å². The van der Waals surface area contributed by atoms with Gasteiger partial charge in [0.15, 0.2) is 0 Å². The van der Waals surface area contributed by atoms with E-state index >= 15 is 0 Å². The Kier molecular flexibility index (Phi) is 6.32. The van der Waals surface area contributed by atoms with Crippen LogP contribution in [0.25, 0.3) is 42.1 Å². The van der Waals surface area contributed by atoms with E-state index in [4.69, 9.17) is 4.42 Å². The van der Waals surface area contributed by atoms with Crippen LogP contribution < -0.4 is 9.80 Å². The van der Waals surface area contributed by atoms with E-state index in [1.807, 2.05) is 23.5 Å². The Hall–Kier alpha value is -5.84. The van der Waals surface area contributed by atoms with Gasteiger partial charge in [-0.05, 0) is 84.9 Å². The molecule has 2 heterocycles. The van der Waals surface area contributed by atoms with E-state index in [1.165, 1.54) is 20.2 Å². The van der Waals surface area contributed by atoms with Gasteiger partial charge in [0, 0.05) is 71.1 Å². The number of nitrogens with zero attached hydrogens (tertiary/aromatic N) is 2. The van der Waals surface area contributed by atoms with Gasteiger partial charge in [0.05, 0.1) is 0 Å². The minimum absolute atomic E-state index is 0.861. The standard InChI is InChI=1S/C42H28N2OS/c1-4-12-29(13-5-1)43(30-14-6-2-7-15-30)33-20-23-35-38-26-32(22-25-39(38)45-40(35)27-33)44(31-16-8-3-9-17-31)34-21-24-37-36-18-10-11-19-41(36)46-42(37)28-34/h1-28H. The molecule has 9 aromatic rings. The summed E-state index contributed by atoms with van der Waals surface area (Å²) < 4.78 is 9.10. The highest BCUT2D eigenvalue weighted by molar-refractivity contribution is 7.25. The molecular weight excluding hydrogens is 581 g/mol. The van der Waals surface area contributed by atoms with E-state index in [2.05, 4.69) is 168 Å². The lowest BCUT2D eigenvalue weighted by atomic mass is 10.1. The molecule has 0 aliphatic carbocycles. The largest absolute Gasteiger partial charge is 0.456 e. The van der Waals surface area contributed by atoms with Gasteiger partial charge < -0.3 is 14.2 Å². The summed E-state index contributed by atoms with van der Waals surface area (Å²) in [6.07, 6.45) is 0. The molecule has 0 aliphatic heterocycles. The van der Waals surface area contributed by atoms with E-state index in [-0.39, 0.29) is 0 Å². The highest BCUT2D eigenvalue weighted by Crippen LogP contribution is 2.43. The predicted molar refractivity (Wildman–Crippen MR) is 196 cm³/mol. The summed E-state index contributed by atoms with van der Waals surface area (Å²) in [7, 11) is 0. The maximum atomic E-state index is 6.51. The lowest BCUT2D eigenvalue weighted by Gasteiger charge is -2.25. The molecule has 2 aromatic heterocycles. The van der Waals surface area contributed by atoms with Gasteiger partial charge in [-0.15, -0.1) is 11.3 Å². The number of anilines is 6. The van der Waals surface area contributed by atoms with Gasteiger partial charge >= 0.3 is 0 Å². The molecule has 0 saturated heterocycles. The Labute approximate surface area is 270 Å². The molecule has 218 valence electrons. The molecular formula is C42H28N2OS. The second-order valence-corrected chi connectivity index (χ2v) is 12.5. The molecule has 46 heavy (non-hydrogen) atoms. The molecule has 0 amide bonds. The first-order chi connectivity index (χ1) is 22.8. The Bertz CT molecular complexity index is 2440. The summed E-state index contributed by atoms with van der Waals surface area (Å²) in [6, 6.07) is 60.0. The number of hydrogen-bond acceptors (Lipinski definition) is 4. The van der Waals surface area contributed by atoms with E-state index in [0.717, 1.165) is 56.1 Å². The van der Waals surface area contributed by atoms with Gasteiger partial charge in [-0.25, -0.2) is 0 Å². The third kappa shape index (κ3) is 4.50. The van der Waals surface area contributed by atoms with Crippen LogP contribution in [0.15, 0.2) is 174 Å². The zero-order valence-electron chi connectivity index (χ0n) is 24.9. The van der Waals surface area contributed by atoms with Crippen LogP contribution in [0.3, 0.4) is 0 Å². The second-order valence-electron chi connectivity index (χ2n) is 11.4. The van der Waals surface area contributed by atoms with Crippen molar-refractivity contribution in [3.63, 3.8) is 0 Å². The van der Waals surface area contributed by atoms with Crippen LogP contribution in [0.5, 0.6) is 0 Å². The molecule has 0 spiro atoms. The fourth-order valence-electron chi connectivity index (χ4n) is 6.51. The minimum atomic E-state index is 0.861. The fraction of sp³-hybridized carbons (Fsp3) is 0. The molecule has 0 unspecified atom stereocenters. The zero-order valence-corrected chi connectivity index (χ0v) is 25.7. The molecule has 0 N–H and O–H groups in total. The molecule has 0 bridgehead atoms. The number of furan rings is 1. The maximum Gasteiger partial charge on any atom is 0.137 e. The van der Waals surface area contributed by atoms with Crippen molar-refractivity contribution in [3.8, 4) is 0 Å². The lowest BCUT2D eigenvalue weighted by molar-refractivity contribution is 0.669. The normalized spacial score (nSPS) is 11.5. The van der Waals surface area contributed by atoms with Crippen LogP contribution in [-0.4, -0.2) is 0 Å². The lowest BCUT2D eigenvalue weighted by Crippen LogP contribution is -2.09. The predicted octanol–water partition coefficient (Wildman–Crippen LogP) is 12.9. The molecule has 4 heteroatoms. The van der Waals surface area contributed by atoms with Crippen molar-refractivity contribution in [2.75, 3.05) is 9.80 Å². The third-order valence-electron chi connectivity index (χ3n) is 8.62. The van der Waals surface area contributed by atoms with Gasteiger partial charge in [0.1, 0.15) is 11.2 Å². The van der Waals surface area contributed by atoms with Crippen LogP contribution >= 0.6 is 11.3 Å². The third-order valence-corrected chi connectivity index (χ3v) is 9.75. The smallest absolute Gasteiger partial charge is 0.137 e. The van der Waals surface area contributed by atoms with Gasteiger partial charge in [0.25, 0.3) is 0 Å². The molecule has 0 atom stereocenters. The number of thiophene rings is 1. The van der Waals surface area contributed by atoms with Gasteiger partial charge in [0.2, 0.25) is 0 Å². The summed E-state index contributed by atoms with van der Waals surface area (Å²) in [5.74, 6) is 0. The number of hydrogen-bond donors (Lipinski definition) is 0. The van der Waals surface area contributed by atoms with Gasteiger partial charge in [-0.1, -0.05) is 78.9 Å². The minimum Gasteiger partial charge on any atom is -0.456 e. The first-order valence-electron chi connectivity index (χ1n) is 15.4. The van der Waals surface area contributed by atoms with Crippen molar-refractivity contribution in [1.82, 2.24) is 0 Å². The Morgan fingerprint density at radius 1 is 0.326 bits per heavy atom. The summed E-state index contributed by atoms with van der Waals surface area (Å²) in [5, 5.41) is 4.79. The van der Waals surface area contributed by atoms with E-state index in [1.54, 1.807) is 0 Å². The Morgan fingerprint density at radius 2 is 0.826 bits per heavy atom. The van der Waals surface area contributed by atoms with E-state index < -0.39 is 0 Å². The highest BCUT2D eigenvalue weighted by Gasteiger charge is 2.18. The van der Waals surface area contributed by atoms with Crippen molar-refractivity contribution in [3.05, 3.63) is 170 Å². The summed E-state index contributed by atoms with van der Waals surface area (Å²) >= 11 is 1.84. The quantitative estimate of drug-likeness (QED) is 0.187. The number of fused-ring (bicyclic) bond motifs is 6. The van der Waals surface area contributed by atoms with Gasteiger partial charge in [-0.3, -0.25) is 0 Å². The Morgan fingerprint density at radius 3 is 1.50 bits per heavy atom. The SMILES string of the molecule is c1ccc(N(c2ccccc2)c2ccc3c(c2)oc2ccc(N(c4ccccc4)c4ccc5c(c4)sc4ccccc45)cc23)cc1. The first kappa shape index (κ1) is 26.6. The van der Waals surface area contributed by atoms with Crippen LogP contribution in [-0.2, 0) is 0 Å². The van der Waals surface area contributed by atoms with Crippen molar-refractivity contribution in [1.29, 1.82) is 0 Å². The van der Waals surface area contributed by atoms with Crippen molar-refractivity contribution in [2.45, 2.75) is 0 Å². The molecule has 0 aliphatic rings. The average Bonchev–Trinajstić information content (AvgIpc) is 3.67. The number of rotatable bonds is 6. The summed E-state index contributed by atoms with van der Waals surface area (Å²) in [6.45, 7) is 0. The zero-order chi connectivity index (χ0) is 30.5. The topological polar surface area (TPSA) is 19.6 Å². The average molecular weight is 609 g/mol. The van der Waals surface area contributed by atoms with Crippen molar-refractivity contribution >= 4 is 87.6 Å². The molecule has 0 fully saturated rings. The Balaban J connectivity index is 1.18. The first-order valence-corrected chi connectivity index (χ1v) is 16.2. The second kappa shape index (κ2) is 11.0. The molecule has 9 rings (SSSR count). The maximum absolute atomic E-state index is 6.51. The van der Waals surface area contributed by atoms with Crippen LogP contribution in [0.1, 0.15) is 0 Å². The molecule has 0 saturated carbocycles. The van der Waals surface area contributed by atoms with Gasteiger partial charge in [-0.2, -0.15) is 0 Å². The van der Waals surface area contributed by atoms with Crippen molar-refractivity contribution < 1.29 is 4.42 Å².